The number of nitriles is 1. The van der Waals surface area contributed by atoms with Crippen LogP contribution in [0.2, 0.25) is 0 Å². The molecule has 234 valence electrons. The van der Waals surface area contributed by atoms with Gasteiger partial charge in [0.05, 0.1) is 37.9 Å². The number of likely N-dealkylation sites (N-methyl/N-ethyl adjacent to an activating group) is 1. The lowest BCUT2D eigenvalue weighted by molar-refractivity contribution is -0.135. The van der Waals surface area contributed by atoms with E-state index < -0.39 is 5.97 Å². The Hall–Kier alpha value is -4.76. The summed E-state index contributed by atoms with van der Waals surface area (Å²) in [7, 11) is 3.38. The van der Waals surface area contributed by atoms with Crippen LogP contribution in [0.15, 0.2) is 48.7 Å². The van der Waals surface area contributed by atoms with Crippen molar-refractivity contribution in [2.45, 2.75) is 44.3 Å². The highest BCUT2D eigenvalue weighted by Gasteiger charge is 2.34. The van der Waals surface area contributed by atoms with Crippen molar-refractivity contribution in [2.24, 2.45) is 0 Å². The molecule has 0 radical (unpaired) electrons. The van der Waals surface area contributed by atoms with E-state index in [1.807, 2.05) is 24.4 Å². The molecule has 5 heterocycles. The zero-order valence-electron chi connectivity index (χ0n) is 25.8. The Balaban J connectivity index is 1.29. The van der Waals surface area contributed by atoms with Crippen molar-refractivity contribution in [1.29, 1.82) is 5.26 Å². The van der Waals surface area contributed by atoms with E-state index in [0.717, 1.165) is 65.7 Å². The first-order valence-electron chi connectivity index (χ1n) is 15.4. The summed E-state index contributed by atoms with van der Waals surface area (Å²) in [6.07, 6.45) is 7.25. The Morgan fingerprint density at radius 2 is 1.91 bits per heavy atom. The van der Waals surface area contributed by atoms with Crippen molar-refractivity contribution in [3.8, 4) is 12.1 Å². The van der Waals surface area contributed by atoms with Crippen molar-refractivity contribution in [3.05, 3.63) is 59.9 Å². The molecule has 45 heavy (non-hydrogen) atoms. The van der Waals surface area contributed by atoms with E-state index in [1.54, 1.807) is 4.90 Å². The number of anilines is 2. The third-order valence-electron chi connectivity index (χ3n) is 9.01. The van der Waals surface area contributed by atoms with E-state index in [1.165, 1.54) is 13.2 Å². The number of methoxy groups -OCH3 is 1. The summed E-state index contributed by atoms with van der Waals surface area (Å²) in [4.78, 5) is 47.6. The van der Waals surface area contributed by atoms with Crippen molar-refractivity contribution in [2.75, 3.05) is 63.3 Å². The summed E-state index contributed by atoms with van der Waals surface area (Å²) in [5.74, 6) is 0.791. The number of hydrogen-bond acceptors (Lipinski definition) is 11. The van der Waals surface area contributed by atoms with Crippen LogP contribution in [-0.2, 0) is 27.3 Å². The molecule has 0 unspecified atom stereocenters. The first-order valence-corrected chi connectivity index (χ1v) is 15.4. The second kappa shape index (κ2) is 13.5. The zero-order chi connectivity index (χ0) is 31.3. The number of pyridine rings is 1. The molecule has 0 bridgehead atoms. The number of likely N-dealkylation sites (tertiary alicyclic amines) is 1. The SMILES string of the molecule is COC(=O)/C=C/C(=O)N1CCN(c2nc(OC[C@@H]3CCCN3C)nc3c2CCN(c2nccc4ccccc24)C3)C[C@@H]1CC#N. The van der Waals surface area contributed by atoms with Gasteiger partial charge in [0, 0.05) is 61.5 Å². The fraction of sp³-hybridized carbons (Fsp3) is 0.455. The molecule has 6 rings (SSSR count). The molecule has 3 aromatic rings. The predicted molar refractivity (Wildman–Crippen MR) is 169 cm³/mol. The fourth-order valence-electron chi connectivity index (χ4n) is 6.53. The molecule has 0 N–H and O–H groups in total. The van der Waals surface area contributed by atoms with E-state index >= 15 is 0 Å². The van der Waals surface area contributed by atoms with Gasteiger partial charge in [-0.2, -0.15) is 15.2 Å². The van der Waals surface area contributed by atoms with Gasteiger partial charge in [-0.25, -0.2) is 9.78 Å². The van der Waals surface area contributed by atoms with Gasteiger partial charge in [-0.15, -0.1) is 0 Å². The van der Waals surface area contributed by atoms with Crippen LogP contribution < -0.4 is 14.5 Å². The molecule has 0 aliphatic carbocycles. The van der Waals surface area contributed by atoms with Crippen LogP contribution >= 0.6 is 0 Å². The molecule has 1 amide bonds. The van der Waals surface area contributed by atoms with Gasteiger partial charge in [0.1, 0.15) is 18.2 Å². The van der Waals surface area contributed by atoms with Crippen LogP contribution in [-0.4, -0.2) is 102 Å². The maximum Gasteiger partial charge on any atom is 0.330 e. The molecule has 1 aromatic carbocycles. The first kappa shape index (κ1) is 30.3. The predicted octanol–water partition coefficient (Wildman–Crippen LogP) is 2.72. The average molecular weight is 611 g/mol. The molecule has 12 heteroatoms. The van der Waals surface area contributed by atoms with E-state index in [0.29, 0.717) is 51.3 Å². The number of fused-ring (bicyclic) bond motifs is 2. The quantitative estimate of drug-likeness (QED) is 0.276. The number of esters is 1. The monoisotopic (exact) mass is 610 g/mol. The lowest BCUT2D eigenvalue weighted by Crippen LogP contribution is -2.55. The maximum atomic E-state index is 13.0. The first-order chi connectivity index (χ1) is 21.9. The van der Waals surface area contributed by atoms with Gasteiger partial charge < -0.3 is 29.1 Å². The summed E-state index contributed by atoms with van der Waals surface area (Å²) < 4.78 is 10.9. The van der Waals surface area contributed by atoms with E-state index in [-0.39, 0.29) is 18.4 Å². The van der Waals surface area contributed by atoms with Gasteiger partial charge in [0.2, 0.25) is 5.91 Å². The Bertz CT molecular complexity index is 1630. The number of benzene rings is 1. The number of piperazine rings is 1. The van der Waals surface area contributed by atoms with Crippen molar-refractivity contribution in [1.82, 2.24) is 24.8 Å². The van der Waals surface area contributed by atoms with E-state index in [9.17, 15) is 14.9 Å². The molecule has 12 nitrogen and oxygen atoms in total. The van der Waals surface area contributed by atoms with Crippen LogP contribution in [0.1, 0.15) is 30.5 Å². The van der Waals surface area contributed by atoms with Gasteiger partial charge in [-0.05, 0) is 44.3 Å². The number of rotatable bonds is 8. The molecule has 3 aliphatic heterocycles. The van der Waals surface area contributed by atoms with Crippen LogP contribution in [0.5, 0.6) is 6.01 Å². The average Bonchev–Trinajstić information content (AvgIpc) is 3.49. The lowest BCUT2D eigenvalue weighted by atomic mass is 10.0. The molecular weight excluding hydrogens is 572 g/mol. The maximum absolute atomic E-state index is 13.0. The highest BCUT2D eigenvalue weighted by atomic mass is 16.5. The highest BCUT2D eigenvalue weighted by molar-refractivity contribution is 5.95. The summed E-state index contributed by atoms with van der Waals surface area (Å²) in [5.41, 5.74) is 1.95. The van der Waals surface area contributed by atoms with Crippen molar-refractivity contribution < 1.29 is 19.1 Å². The largest absolute Gasteiger partial charge is 0.466 e. The van der Waals surface area contributed by atoms with E-state index in [2.05, 4.69) is 44.7 Å². The number of nitrogens with zero attached hydrogens (tertiary/aromatic N) is 8. The van der Waals surface area contributed by atoms with E-state index in [4.69, 9.17) is 19.7 Å². The minimum absolute atomic E-state index is 0.152. The molecule has 0 spiro atoms. The smallest absolute Gasteiger partial charge is 0.330 e. The number of hydrogen-bond donors (Lipinski definition) is 0. The van der Waals surface area contributed by atoms with Gasteiger partial charge in [0.25, 0.3) is 0 Å². The standard InChI is InChI=1S/C33H38N8O4/c1-38-16-5-7-25(38)22-45-33-36-28-21-39(31-26-8-4-3-6-23(26)12-15-35-31)17-13-27(28)32(37-33)40-18-19-41(24(20-40)11-14-34)29(42)9-10-30(43)44-2/h3-4,6,8-10,12,15,24-25H,5,7,11,13,16-22H2,1-2H3/b10-9+/t24-,25-/m0/s1. The van der Waals surface area contributed by atoms with Gasteiger partial charge in [-0.3, -0.25) is 4.79 Å². The number of amides is 1. The fourth-order valence-corrected chi connectivity index (χ4v) is 6.53. The number of ether oxygens (including phenoxy) is 2. The molecule has 0 saturated carbocycles. The zero-order valence-corrected chi connectivity index (χ0v) is 25.8. The topological polar surface area (TPSA) is 128 Å². The molecule has 3 aliphatic rings. The number of carbonyl (C=O) groups excluding carboxylic acids is 2. The minimum atomic E-state index is -0.601. The Morgan fingerprint density at radius 3 is 2.71 bits per heavy atom. The summed E-state index contributed by atoms with van der Waals surface area (Å²) in [6, 6.07) is 12.8. The molecular formula is C33H38N8O4. The van der Waals surface area contributed by atoms with Gasteiger partial charge in [0.15, 0.2) is 0 Å². The van der Waals surface area contributed by atoms with Gasteiger partial charge >= 0.3 is 12.0 Å². The number of aromatic nitrogens is 3. The summed E-state index contributed by atoms with van der Waals surface area (Å²) in [5, 5.41) is 11.9. The molecule has 2 atom stereocenters. The Morgan fingerprint density at radius 1 is 1.04 bits per heavy atom. The second-order valence-electron chi connectivity index (χ2n) is 11.7. The van der Waals surface area contributed by atoms with Crippen LogP contribution in [0.4, 0.5) is 11.6 Å². The lowest BCUT2D eigenvalue weighted by Gasteiger charge is -2.42. The number of carbonyl (C=O) groups is 2. The Labute approximate surface area is 262 Å². The van der Waals surface area contributed by atoms with Crippen LogP contribution in [0, 0.1) is 11.3 Å². The summed E-state index contributed by atoms with van der Waals surface area (Å²) in [6.45, 7) is 4.19. The normalized spacial score (nSPS) is 20.3. The summed E-state index contributed by atoms with van der Waals surface area (Å²) >= 11 is 0. The van der Waals surface area contributed by atoms with Crippen molar-refractivity contribution >= 4 is 34.3 Å². The van der Waals surface area contributed by atoms with Crippen LogP contribution in [0.3, 0.4) is 0 Å². The van der Waals surface area contributed by atoms with Crippen molar-refractivity contribution in [3.63, 3.8) is 0 Å². The third kappa shape index (κ3) is 6.54. The molecule has 2 fully saturated rings. The molecule has 2 saturated heterocycles. The minimum Gasteiger partial charge on any atom is -0.466 e. The molecule has 2 aromatic heterocycles. The highest BCUT2D eigenvalue weighted by Crippen LogP contribution is 2.34. The third-order valence-corrected chi connectivity index (χ3v) is 9.01. The van der Waals surface area contributed by atoms with Gasteiger partial charge in [-0.1, -0.05) is 24.3 Å². The Kier molecular flexibility index (Phi) is 9.07. The van der Waals surface area contributed by atoms with Crippen LogP contribution in [0.25, 0.3) is 10.8 Å². The second-order valence-corrected chi connectivity index (χ2v) is 11.7.